The van der Waals surface area contributed by atoms with Gasteiger partial charge in [0.1, 0.15) is 11.9 Å². The Kier molecular flexibility index (Phi) is 10.7. The van der Waals surface area contributed by atoms with E-state index in [4.69, 9.17) is 5.26 Å². The van der Waals surface area contributed by atoms with Crippen molar-refractivity contribution in [2.24, 2.45) is 23.2 Å². The van der Waals surface area contributed by atoms with E-state index in [2.05, 4.69) is 19.9 Å². The molecule has 5 nitrogen and oxygen atoms in total. The van der Waals surface area contributed by atoms with Gasteiger partial charge in [-0.05, 0) is 116 Å². The summed E-state index contributed by atoms with van der Waals surface area (Å²) in [5.41, 5.74) is 3.02. The van der Waals surface area contributed by atoms with Crippen molar-refractivity contribution < 1.29 is 19.4 Å². The third-order valence-electron chi connectivity index (χ3n) is 11.4. The highest BCUT2D eigenvalue weighted by atomic mass is 19.1. The van der Waals surface area contributed by atoms with Crippen LogP contribution in [0.2, 0.25) is 0 Å². The van der Waals surface area contributed by atoms with E-state index in [0.717, 1.165) is 94.8 Å². The Labute approximate surface area is 263 Å². The van der Waals surface area contributed by atoms with E-state index >= 15 is 4.39 Å². The van der Waals surface area contributed by atoms with Crippen LogP contribution < -0.4 is 0 Å². The maximum atomic E-state index is 16.0. The number of rotatable bonds is 13. The van der Waals surface area contributed by atoms with Crippen LogP contribution in [-0.2, 0) is 6.42 Å². The molecule has 0 heterocycles. The van der Waals surface area contributed by atoms with Crippen molar-refractivity contribution in [3.8, 4) is 11.8 Å². The average Bonchev–Trinajstić information content (AvgIpc) is 3.32. The Morgan fingerprint density at radius 3 is 2.43 bits per heavy atom. The zero-order chi connectivity index (χ0) is 31.3. The van der Waals surface area contributed by atoms with Gasteiger partial charge < -0.3 is 15.1 Å². The third-order valence-corrected chi connectivity index (χ3v) is 11.4. The number of aliphatic hydroxyl groups is 1. The van der Waals surface area contributed by atoms with E-state index in [1.54, 1.807) is 30.3 Å². The number of fused-ring (bicyclic) bond motifs is 5. The van der Waals surface area contributed by atoms with Gasteiger partial charge in [-0.25, -0.2) is 4.39 Å². The van der Waals surface area contributed by atoms with Crippen molar-refractivity contribution in [3.05, 3.63) is 64.7 Å². The number of nitriles is 1. The first-order chi connectivity index (χ1) is 21.3. The SMILES string of the molecule is CCCCCCN(CCCCCC[C@@H]1Cc2cc(O)ccc2[C@@H]2[C@@H]1[C@@H]1CC[C@H](O)[C@@]1(C)C[C@@H]2F)C(=O)c1ccc(C#N)cc1. The van der Waals surface area contributed by atoms with E-state index in [1.165, 1.54) is 6.42 Å². The summed E-state index contributed by atoms with van der Waals surface area (Å²) in [6.07, 6.45) is 11.2. The van der Waals surface area contributed by atoms with Gasteiger partial charge in [0.25, 0.3) is 5.91 Å². The fourth-order valence-electron chi connectivity index (χ4n) is 9.01. The molecule has 2 saturated carbocycles. The predicted molar refractivity (Wildman–Crippen MR) is 172 cm³/mol. The van der Waals surface area contributed by atoms with Gasteiger partial charge in [-0.3, -0.25) is 4.79 Å². The van der Waals surface area contributed by atoms with E-state index in [0.29, 0.717) is 29.4 Å². The summed E-state index contributed by atoms with van der Waals surface area (Å²) in [7, 11) is 0. The molecule has 2 fully saturated rings. The van der Waals surface area contributed by atoms with Crippen LogP contribution in [0, 0.1) is 34.5 Å². The first kappa shape index (κ1) is 32.5. The number of aromatic hydroxyl groups is 1. The lowest BCUT2D eigenvalue weighted by molar-refractivity contribution is -0.0722. The fourth-order valence-corrected chi connectivity index (χ4v) is 9.01. The first-order valence-electron chi connectivity index (χ1n) is 17.2. The monoisotopic (exact) mass is 602 g/mol. The molecule has 0 unspecified atom stereocenters. The van der Waals surface area contributed by atoms with Gasteiger partial charge >= 0.3 is 0 Å². The standard InChI is InChI=1S/C38H51FN2O3/c1-3-4-5-9-20-41(37(44)27-14-12-26(25-40)13-15-27)21-10-7-6-8-11-28-22-29-23-30(42)16-17-31(29)36-33(39)24-38(2)32(35(28)36)18-19-34(38)43/h12-17,23,28,32-36,42-43H,3-11,18-22,24H2,1-2H3/t28-,32+,33+,34+,35+,36+,38+/m1/s1. The van der Waals surface area contributed by atoms with Crippen molar-refractivity contribution in [1.29, 1.82) is 5.26 Å². The number of phenolic OH excluding ortho intramolecular Hbond substituents is 1. The molecule has 2 aromatic carbocycles. The molecule has 3 aliphatic carbocycles. The molecule has 44 heavy (non-hydrogen) atoms. The molecule has 2 aromatic rings. The van der Waals surface area contributed by atoms with Crippen LogP contribution >= 0.6 is 0 Å². The quantitative estimate of drug-likeness (QED) is 0.226. The first-order valence-corrected chi connectivity index (χ1v) is 17.2. The minimum atomic E-state index is -0.975. The van der Waals surface area contributed by atoms with Crippen molar-refractivity contribution in [3.63, 3.8) is 0 Å². The number of hydrogen-bond acceptors (Lipinski definition) is 4. The Hall–Kier alpha value is -2.91. The summed E-state index contributed by atoms with van der Waals surface area (Å²) in [5.74, 6) is 1.04. The molecule has 7 atom stereocenters. The van der Waals surface area contributed by atoms with Crippen LogP contribution in [-0.4, -0.2) is 46.4 Å². The second-order valence-corrected chi connectivity index (χ2v) is 14.1. The minimum Gasteiger partial charge on any atom is -0.508 e. The Bertz CT molecular complexity index is 1310. The van der Waals surface area contributed by atoms with Crippen LogP contribution in [0.4, 0.5) is 4.39 Å². The van der Waals surface area contributed by atoms with Crippen molar-refractivity contribution >= 4 is 5.91 Å². The highest BCUT2D eigenvalue weighted by Crippen LogP contribution is 2.63. The number of carbonyl (C=O) groups excluding carboxylic acids is 1. The summed E-state index contributed by atoms with van der Waals surface area (Å²) < 4.78 is 16.0. The molecule has 0 aromatic heterocycles. The van der Waals surface area contributed by atoms with Gasteiger partial charge in [0.15, 0.2) is 0 Å². The number of halogens is 1. The summed E-state index contributed by atoms with van der Waals surface area (Å²) in [5, 5.41) is 30.2. The second kappa shape index (κ2) is 14.5. The van der Waals surface area contributed by atoms with Crippen LogP contribution in [0.15, 0.2) is 42.5 Å². The molecule has 5 rings (SSSR count). The van der Waals surface area contributed by atoms with Crippen molar-refractivity contribution in [2.75, 3.05) is 13.1 Å². The predicted octanol–water partition coefficient (Wildman–Crippen LogP) is 8.33. The van der Waals surface area contributed by atoms with Crippen LogP contribution in [0.25, 0.3) is 0 Å². The highest BCUT2D eigenvalue weighted by Gasteiger charge is 2.59. The number of unbranched alkanes of at least 4 members (excludes halogenated alkanes) is 6. The maximum absolute atomic E-state index is 16.0. The second-order valence-electron chi connectivity index (χ2n) is 14.1. The maximum Gasteiger partial charge on any atom is 0.253 e. The Morgan fingerprint density at radius 2 is 1.73 bits per heavy atom. The summed E-state index contributed by atoms with van der Waals surface area (Å²) in [4.78, 5) is 15.3. The molecule has 0 spiro atoms. The lowest BCUT2D eigenvalue weighted by atomic mass is 9.51. The number of hydrogen-bond donors (Lipinski definition) is 2. The number of nitrogens with zero attached hydrogens (tertiary/aromatic N) is 2. The molecule has 1 amide bonds. The van der Waals surface area contributed by atoms with Gasteiger partial charge in [0.05, 0.1) is 17.7 Å². The van der Waals surface area contributed by atoms with E-state index < -0.39 is 12.3 Å². The van der Waals surface area contributed by atoms with Gasteiger partial charge in [0, 0.05) is 24.6 Å². The van der Waals surface area contributed by atoms with Crippen LogP contribution in [0.1, 0.15) is 124 Å². The van der Waals surface area contributed by atoms with Gasteiger partial charge in [-0.15, -0.1) is 0 Å². The van der Waals surface area contributed by atoms with Crippen LogP contribution in [0.3, 0.4) is 0 Å². The third kappa shape index (κ3) is 6.84. The normalized spacial score (nSPS) is 28.9. The average molecular weight is 603 g/mol. The molecule has 6 heteroatoms. The molecule has 0 aliphatic heterocycles. The molecule has 2 N–H and O–H groups in total. The zero-order valence-corrected chi connectivity index (χ0v) is 26.7. The number of benzene rings is 2. The molecule has 3 aliphatic rings. The Morgan fingerprint density at radius 1 is 1.02 bits per heavy atom. The molecule has 238 valence electrons. The molecular formula is C38H51FN2O3. The highest BCUT2D eigenvalue weighted by molar-refractivity contribution is 5.94. The molecule has 0 bridgehead atoms. The number of alkyl halides is 1. The van der Waals surface area contributed by atoms with E-state index in [9.17, 15) is 15.0 Å². The summed E-state index contributed by atoms with van der Waals surface area (Å²) in [6.45, 7) is 5.80. The molecule has 0 saturated heterocycles. The van der Waals surface area contributed by atoms with E-state index in [1.807, 2.05) is 17.0 Å². The largest absolute Gasteiger partial charge is 0.508 e. The van der Waals surface area contributed by atoms with Gasteiger partial charge in [-0.2, -0.15) is 5.26 Å². The summed E-state index contributed by atoms with van der Waals surface area (Å²) >= 11 is 0. The topological polar surface area (TPSA) is 84.6 Å². The number of amides is 1. The fraction of sp³-hybridized carbons (Fsp3) is 0.632. The van der Waals surface area contributed by atoms with Crippen molar-refractivity contribution in [2.45, 2.75) is 116 Å². The summed E-state index contributed by atoms with van der Waals surface area (Å²) in [6, 6.07) is 14.6. The number of aliphatic hydroxyl groups excluding tert-OH is 1. The van der Waals surface area contributed by atoms with Gasteiger partial charge in [0.2, 0.25) is 0 Å². The lowest BCUT2D eigenvalue weighted by Gasteiger charge is -2.54. The van der Waals surface area contributed by atoms with Crippen LogP contribution in [0.5, 0.6) is 5.75 Å². The van der Waals surface area contributed by atoms with Gasteiger partial charge in [-0.1, -0.05) is 58.4 Å². The molecular weight excluding hydrogens is 551 g/mol. The number of phenols is 1. The molecule has 0 radical (unpaired) electrons. The smallest absolute Gasteiger partial charge is 0.253 e. The lowest BCUT2D eigenvalue weighted by Crippen LogP contribution is -2.51. The number of carbonyl (C=O) groups is 1. The zero-order valence-electron chi connectivity index (χ0n) is 26.7. The minimum absolute atomic E-state index is 0.0426. The van der Waals surface area contributed by atoms with E-state index in [-0.39, 0.29) is 28.9 Å². The van der Waals surface area contributed by atoms with Crippen molar-refractivity contribution in [1.82, 2.24) is 4.90 Å². The Balaban J connectivity index is 1.19.